The zero-order valence-corrected chi connectivity index (χ0v) is 13.5. The molecule has 22 heavy (non-hydrogen) atoms. The van der Waals surface area contributed by atoms with Crippen molar-refractivity contribution in [1.82, 2.24) is 10.6 Å². The number of carbonyl (C=O) groups excluding carboxylic acids is 1. The third-order valence-electron chi connectivity index (χ3n) is 3.07. The lowest BCUT2D eigenvalue weighted by molar-refractivity contribution is -0.108. The Balaban J connectivity index is 0.000000246. The third-order valence-corrected chi connectivity index (χ3v) is 3.81. The van der Waals surface area contributed by atoms with E-state index >= 15 is 0 Å². The Labute approximate surface area is 139 Å². The van der Waals surface area contributed by atoms with Crippen LogP contribution in [0.3, 0.4) is 0 Å². The predicted molar refractivity (Wildman–Crippen MR) is 88.7 cm³/mol. The van der Waals surface area contributed by atoms with E-state index in [1.165, 1.54) is 0 Å². The summed E-state index contributed by atoms with van der Waals surface area (Å²) in [5.41, 5.74) is 0.858. The van der Waals surface area contributed by atoms with Gasteiger partial charge in [-0.2, -0.15) is 5.10 Å². The smallest absolute Gasteiger partial charge is 0.212 e. The SMILES string of the molecule is C1COCCN1.O=CNC1=NN(c2ccc(Cl)c(Cl)c2)CC1. The zero-order chi connectivity index (χ0) is 15.8. The maximum atomic E-state index is 10.3. The van der Waals surface area contributed by atoms with E-state index in [0.717, 1.165) is 32.0 Å². The molecule has 1 saturated heterocycles. The van der Waals surface area contributed by atoms with Crippen molar-refractivity contribution in [2.24, 2.45) is 5.10 Å². The first-order valence-electron chi connectivity index (χ1n) is 6.99. The van der Waals surface area contributed by atoms with Gasteiger partial charge < -0.3 is 15.4 Å². The first-order valence-corrected chi connectivity index (χ1v) is 7.75. The Kier molecular flexibility index (Phi) is 6.92. The fraction of sp³-hybridized carbons (Fsp3) is 0.429. The van der Waals surface area contributed by atoms with E-state index in [1.807, 2.05) is 6.07 Å². The molecular weight excluding hydrogens is 327 g/mol. The Bertz CT molecular complexity index is 524. The molecule has 2 aliphatic heterocycles. The average Bonchev–Trinajstić information content (AvgIpc) is 3.01. The van der Waals surface area contributed by atoms with Gasteiger partial charge in [-0.3, -0.25) is 9.80 Å². The first kappa shape index (κ1) is 17.0. The highest BCUT2D eigenvalue weighted by atomic mass is 35.5. The highest BCUT2D eigenvalue weighted by Crippen LogP contribution is 2.28. The molecule has 0 bridgehead atoms. The van der Waals surface area contributed by atoms with Crippen molar-refractivity contribution in [3.8, 4) is 0 Å². The number of amidine groups is 1. The van der Waals surface area contributed by atoms with Crippen LogP contribution < -0.4 is 15.6 Å². The minimum Gasteiger partial charge on any atom is -0.379 e. The van der Waals surface area contributed by atoms with Gasteiger partial charge in [0.05, 0.1) is 28.9 Å². The summed E-state index contributed by atoms with van der Waals surface area (Å²) in [7, 11) is 0. The van der Waals surface area contributed by atoms with Gasteiger partial charge in [0.1, 0.15) is 5.84 Å². The second-order valence-corrected chi connectivity index (χ2v) is 5.46. The number of amides is 1. The van der Waals surface area contributed by atoms with E-state index in [9.17, 15) is 4.79 Å². The van der Waals surface area contributed by atoms with Crippen molar-refractivity contribution in [3.05, 3.63) is 28.2 Å². The summed E-state index contributed by atoms with van der Waals surface area (Å²) in [4.78, 5) is 10.3. The van der Waals surface area contributed by atoms with Crippen LogP contribution in [0.4, 0.5) is 5.69 Å². The molecule has 120 valence electrons. The van der Waals surface area contributed by atoms with Gasteiger partial charge in [-0.05, 0) is 18.2 Å². The number of nitrogens with one attached hydrogen (secondary N) is 2. The van der Waals surface area contributed by atoms with Crippen molar-refractivity contribution >= 4 is 41.1 Å². The summed E-state index contributed by atoms with van der Waals surface area (Å²) in [6, 6.07) is 5.30. The maximum Gasteiger partial charge on any atom is 0.212 e. The van der Waals surface area contributed by atoms with Crippen molar-refractivity contribution < 1.29 is 9.53 Å². The van der Waals surface area contributed by atoms with Crippen LogP contribution in [-0.4, -0.2) is 45.1 Å². The van der Waals surface area contributed by atoms with E-state index in [0.29, 0.717) is 35.3 Å². The van der Waals surface area contributed by atoms with Gasteiger partial charge in [0.15, 0.2) is 0 Å². The molecule has 6 nitrogen and oxygen atoms in total. The number of anilines is 1. The summed E-state index contributed by atoms with van der Waals surface area (Å²) in [5.74, 6) is 0.654. The molecule has 2 N–H and O–H groups in total. The second-order valence-electron chi connectivity index (χ2n) is 4.64. The van der Waals surface area contributed by atoms with Crippen LogP contribution in [0.1, 0.15) is 6.42 Å². The Morgan fingerprint density at radius 1 is 1.27 bits per heavy atom. The largest absolute Gasteiger partial charge is 0.379 e. The average molecular weight is 345 g/mol. The van der Waals surface area contributed by atoms with E-state index in [1.54, 1.807) is 17.1 Å². The molecule has 1 aromatic carbocycles. The zero-order valence-electron chi connectivity index (χ0n) is 12.0. The quantitative estimate of drug-likeness (QED) is 0.804. The standard InChI is InChI=1S/C10H9Cl2N3O.C4H9NO/c11-8-2-1-7(5-9(8)12)15-4-3-10(14-15)13-6-16;1-3-6-4-2-5-1/h1-2,5-6H,3-4H2,(H,13,14,16);5H,1-4H2. The van der Waals surface area contributed by atoms with Gasteiger partial charge in [-0.25, -0.2) is 0 Å². The molecule has 2 aliphatic rings. The van der Waals surface area contributed by atoms with Gasteiger partial charge in [0.2, 0.25) is 6.41 Å². The number of benzene rings is 1. The number of carbonyl (C=O) groups is 1. The van der Waals surface area contributed by atoms with Crippen LogP contribution >= 0.6 is 23.2 Å². The molecule has 2 heterocycles. The van der Waals surface area contributed by atoms with E-state index in [2.05, 4.69) is 15.7 Å². The molecule has 1 fully saturated rings. The third kappa shape index (κ3) is 5.14. The molecule has 0 spiro atoms. The van der Waals surface area contributed by atoms with Crippen LogP contribution in [-0.2, 0) is 9.53 Å². The molecule has 1 aromatic rings. The van der Waals surface area contributed by atoms with Gasteiger partial charge in [0, 0.05) is 26.1 Å². The van der Waals surface area contributed by atoms with Gasteiger partial charge in [0.25, 0.3) is 0 Å². The Hall–Kier alpha value is -1.34. The Morgan fingerprint density at radius 3 is 2.59 bits per heavy atom. The maximum absolute atomic E-state index is 10.3. The van der Waals surface area contributed by atoms with E-state index in [4.69, 9.17) is 27.9 Å². The number of hydrogen-bond donors (Lipinski definition) is 2. The van der Waals surface area contributed by atoms with Gasteiger partial charge in [-0.15, -0.1) is 0 Å². The van der Waals surface area contributed by atoms with Crippen LogP contribution in [0, 0.1) is 0 Å². The molecule has 0 aromatic heterocycles. The van der Waals surface area contributed by atoms with Crippen LogP contribution in [0.5, 0.6) is 0 Å². The van der Waals surface area contributed by atoms with Crippen LogP contribution in [0.25, 0.3) is 0 Å². The molecule has 3 rings (SSSR count). The van der Waals surface area contributed by atoms with E-state index < -0.39 is 0 Å². The summed E-state index contributed by atoms with van der Waals surface area (Å²) in [5, 5.41) is 12.7. The molecule has 0 aliphatic carbocycles. The summed E-state index contributed by atoms with van der Waals surface area (Å²) in [6.07, 6.45) is 1.33. The highest BCUT2D eigenvalue weighted by molar-refractivity contribution is 6.42. The lowest BCUT2D eigenvalue weighted by Crippen LogP contribution is -2.30. The number of hydrazone groups is 1. The van der Waals surface area contributed by atoms with Crippen molar-refractivity contribution in [2.75, 3.05) is 37.9 Å². The topological polar surface area (TPSA) is 66.0 Å². The molecule has 0 saturated carbocycles. The monoisotopic (exact) mass is 344 g/mol. The van der Waals surface area contributed by atoms with Gasteiger partial charge >= 0.3 is 0 Å². The number of morpholine rings is 1. The van der Waals surface area contributed by atoms with Crippen LogP contribution in [0.2, 0.25) is 10.0 Å². The fourth-order valence-corrected chi connectivity index (χ4v) is 2.27. The predicted octanol–water partition coefficient (Wildman–Crippen LogP) is 1.87. The molecule has 0 atom stereocenters. The van der Waals surface area contributed by atoms with Crippen molar-refractivity contribution in [1.29, 1.82) is 0 Å². The number of rotatable bonds is 2. The number of nitrogens with zero attached hydrogens (tertiary/aromatic N) is 2. The second kappa shape index (κ2) is 8.95. The summed E-state index contributed by atoms with van der Waals surface area (Å²) < 4.78 is 5.01. The minimum absolute atomic E-state index is 0.492. The normalized spacial score (nSPS) is 17.4. The number of ether oxygens (including phenoxy) is 1. The first-order chi connectivity index (χ1) is 10.7. The molecule has 1 amide bonds. The highest BCUT2D eigenvalue weighted by Gasteiger charge is 2.16. The lowest BCUT2D eigenvalue weighted by atomic mass is 10.3. The van der Waals surface area contributed by atoms with Crippen molar-refractivity contribution in [2.45, 2.75) is 6.42 Å². The number of hydrogen-bond acceptors (Lipinski definition) is 5. The van der Waals surface area contributed by atoms with Gasteiger partial charge in [-0.1, -0.05) is 23.2 Å². The molecule has 0 unspecified atom stereocenters. The molecule has 8 heteroatoms. The number of halogens is 2. The van der Waals surface area contributed by atoms with E-state index in [-0.39, 0.29) is 0 Å². The Morgan fingerprint density at radius 2 is 2.05 bits per heavy atom. The summed E-state index contributed by atoms with van der Waals surface area (Å²) >= 11 is 11.7. The minimum atomic E-state index is 0.492. The van der Waals surface area contributed by atoms with Crippen LogP contribution in [0.15, 0.2) is 23.3 Å². The molecule has 0 radical (unpaired) electrons. The summed E-state index contributed by atoms with van der Waals surface area (Å²) in [6.45, 7) is 4.55. The lowest BCUT2D eigenvalue weighted by Gasteiger charge is -2.13. The fourth-order valence-electron chi connectivity index (χ4n) is 1.97. The molecular formula is C14H18Cl2N4O2. The van der Waals surface area contributed by atoms with Crippen molar-refractivity contribution in [3.63, 3.8) is 0 Å².